The van der Waals surface area contributed by atoms with E-state index in [-0.39, 0.29) is 49.7 Å². The molecule has 0 aliphatic rings. The number of carboxylic acid groups (broad SMARTS) is 1. The second-order valence-corrected chi connectivity index (χ2v) is 19.6. The number of rotatable bonds is 9. The summed E-state index contributed by atoms with van der Waals surface area (Å²) < 4.78 is 12.8. The first-order valence-electron chi connectivity index (χ1n) is 20.7. The molecule has 2 N–H and O–H groups in total. The van der Waals surface area contributed by atoms with Crippen molar-refractivity contribution in [1.29, 1.82) is 0 Å². The van der Waals surface area contributed by atoms with E-state index in [0.717, 1.165) is 47.7 Å². The Morgan fingerprint density at radius 1 is 0.603 bits per heavy atom. The zero-order valence-electron chi connectivity index (χ0n) is 36.9. The molecule has 2 heterocycles. The Balaban J connectivity index is 0.000000286. The Morgan fingerprint density at radius 3 is 1.41 bits per heavy atom. The van der Waals surface area contributed by atoms with Crippen molar-refractivity contribution in [1.82, 2.24) is 30.0 Å². The van der Waals surface area contributed by atoms with Gasteiger partial charge in [0, 0.05) is 14.5 Å². The SMILES string of the molecule is C.C.C.CC(C)(C)c1ccc(O)c(-n2nc3ccccc3n2)c1.CC(C)(C)c1ccc(OC(C(=O)O)c2ccc(Br)cc2)c(-n2nc3ccccc3n2)c1.CCOC(=O)C(Br)c1ccc(Br)cc1. The van der Waals surface area contributed by atoms with Gasteiger partial charge in [0.1, 0.15) is 49.8 Å². The Kier molecular flexibility index (Phi) is 20.2. The smallest absolute Gasteiger partial charge is 0.349 e. The second kappa shape index (κ2) is 24.4. The molecule has 0 aliphatic carbocycles. The van der Waals surface area contributed by atoms with Crippen LogP contribution in [0, 0.1) is 0 Å². The van der Waals surface area contributed by atoms with E-state index in [1.807, 2.05) is 97.1 Å². The van der Waals surface area contributed by atoms with Gasteiger partial charge in [0.2, 0.25) is 6.10 Å². The van der Waals surface area contributed by atoms with E-state index in [4.69, 9.17) is 9.47 Å². The largest absolute Gasteiger partial charge is 0.506 e. The molecule has 8 aromatic rings. The summed E-state index contributed by atoms with van der Waals surface area (Å²) in [7, 11) is 0. The number of nitrogens with zero attached hydrogens (tertiary/aromatic N) is 6. The number of aromatic nitrogens is 6. The van der Waals surface area contributed by atoms with Crippen LogP contribution in [0.2, 0.25) is 0 Å². The van der Waals surface area contributed by atoms with Crippen LogP contribution in [0.5, 0.6) is 11.5 Å². The molecule has 2 aromatic heterocycles. The van der Waals surface area contributed by atoms with Gasteiger partial charge < -0.3 is 19.7 Å². The lowest BCUT2D eigenvalue weighted by Crippen LogP contribution is -2.20. The topological polar surface area (TPSA) is 154 Å². The van der Waals surface area contributed by atoms with Gasteiger partial charge >= 0.3 is 11.9 Å². The number of benzene rings is 6. The average Bonchev–Trinajstić information content (AvgIpc) is 3.91. The first-order chi connectivity index (χ1) is 30.8. The number of alkyl halides is 1. The molecular weight excluding hydrogens is 1060 g/mol. The minimum Gasteiger partial charge on any atom is -0.506 e. The fraction of sp³-hybridized carbons (Fsp3) is 0.283. The summed E-state index contributed by atoms with van der Waals surface area (Å²) in [6.07, 6.45) is -1.17. The summed E-state index contributed by atoms with van der Waals surface area (Å²) in [5.41, 5.74) is 7.84. The van der Waals surface area contributed by atoms with Crippen molar-refractivity contribution in [3.8, 4) is 22.9 Å². The first-order valence-corrected chi connectivity index (χ1v) is 23.2. The summed E-state index contributed by atoms with van der Waals surface area (Å²) in [4.78, 5) is 26.0. The van der Waals surface area contributed by atoms with E-state index in [2.05, 4.69) is 110 Å². The van der Waals surface area contributed by atoms with Crippen LogP contribution in [0.15, 0.2) is 142 Å². The molecule has 0 saturated heterocycles. The number of carbonyl (C=O) groups is 2. The van der Waals surface area contributed by atoms with Crippen molar-refractivity contribution in [3.05, 3.63) is 165 Å². The van der Waals surface area contributed by atoms with E-state index < -0.39 is 12.1 Å². The van der Waals surface area contributed by atoms with Gasteiger partial charge in [-0.05, 0) is 107 Å². The number of aromatic hydroxyl groups is 1. The molecule has 0 radical (unpaired) electrons. The van der Waals surface area contributed by atoms with E-state index in [1.165, 1.54) is 9.59 Å². The maximum Gasteiger partial charge on any atom is 0.349 e. The van der Waals surface area contributed by atoms with Crippen LogP contribution in [0.3, 0.4) is 0 Å². The van der Waals surface area contributed by atoms with Gasteiger partial charge in [-0.1, -0.05) is 172 Å². The molecule has 15 heteroatoms. The summed E-state index contributed by atoms with van der Waals surface area (Å²) in [6, 6.07) is 41.1. The predicted molar refractivity (Wildman–Crippen MR) is 285 cm³/mol. The first kappa shape index (κ1) is 56.4. The number of phenols is 1. The molecule has 2 atom stereocenters. The Labute approximate surface area is 425 Å². The molecule has 360 valence electrons. The fourth-order valence-corrected chi connectivity index (χ4v) is 7.30. The standard InChI is InChI=1S/C24H22BrN3O3.C16H17N3O.C10H10Br2O2.3CH4/c1-24(2,3)16-10-13-21(31-22(23(29)30)15-8-11-17(25)12-9-15)20(14-16)28-26-18-6-4-5-7-19(18)27-28;1-16(2,3)11-8-9-15(20)14(10-11)19-17-12-6-4-5-7-13(12)18-19;1-2-14-10(13)9(12)7-3-5-8(11)6-4-7;;;/h4-14,22H,1-3H3,(H,29,30);4-10,20H,1-3H3;3-6,9H,2H2,1H3;3*1H4. The van der Waals surface area contributed by atoms with Gasteiger partial charge in [-0.15, -0.1) is 30.0 Å². The zero-order valence-corrected chi connectivity index (χ0v) is 41.7. The lowest BCUT2D eigenvalue weighted by molar-refractivity contribution is -0.145. The normalized spacial score (nSPS) is 11.8. The van der Waals surface area contributed by atoms with Crippen LogP contribution in [0.4, 0.5) is 0 Å². The molecule has 68 heavy (non-hydrogen) atoms. The lowest BCUT2D eigenvalue weighted by Gasteiger charge is -2.22. The van der Waals surface area contributed by atoms with Crippen LogP contribution < -0.4 is 4.74 Å². The van der Waals surface area contributed by atoms with Crippen LogP contribution in [0.1, 0.15) is 104 Å². The minimum absolute atomic E-state index is 0. The number of hydrogen-bond acceptors (Lipinski definition) is 9. The number of halogens is 3. The Hall–Kier alpha value is -5.90. The predicted octanol–water partition coefficient (Wildman–Crippen LogP) is 14.5. The van der Waals surface area contributed by atoms with Crippen LogP contribution in [-0.4, -0.2) is 58.7 Å². The number of hydrogen-bond donors (Lipinski definition) is 2. The molecule has 2 unspecified atom stereocenters. The van der Waals surface area contributed by atoms with Crippen molar-refractivity contribution >= 4 is 81.8 Å². The van der Waals surface area contributed by atoms with Crippen molar-refractivity contribution in [2.75, 3.05) is 6.61 Å². The number of fused-ring (bicyclic) bond motifs is 2. The maximum absolute atomic E-state index is 12.0. The molecule has 12 nitrogen and oxygen atoms in total. The van der Waals surface area contributed by atoms with E-state index in [1.54, 1.807) is 43.3 Å². The van der Waals surface area contributed by atoms with Gasteiger partial charge in [0.15, 0.2) is 0 Å². The van der Waals surface area contributed by atoms with Crippen molar-refractivity contribution < 1.29 is 29.3 Å². The second-order valence-electron chi connectivity index (χ2n) is 16.9. The monoisotopic (exact) mass is 1110 g/mol. The lowest BCUT2D eigenvalue weighted by atomic mass is 9.87. The highest BCUT2D eigenvalue weighted by molar-refractivity contribution is 9.10. The highest BCUT2D eigenvalue weighted by Crippen LogP contribution is 2.34. The van der Waals surface area contributed by atoms with Gasteiger partial charge in [-0.25, -0.2) is 4.79 Å². The molecule has 6 aromatic carbocycles. The number of ether oxygens (including phenoxy) is 2. The molecule has 8 rings (SSSR count). The number of esters is 1. The quantitative estimate of drug-likeness (QED) is 0.105. The molecule has 0 saturated carbocycles. The molecule has 0 fully saturated rings. The van der Waals surface area contributed by atoms with Crippen LogP contribution in [-0.2, 0) is 25.2 Å². The molecule has 0 bridgehead atoms. The highest BCUT2D eigenvalue weighted by Gasteiger charge is 2.26. The zero-order chi connectivity index (χ0) is 47.1. The number of phenolic OH excluding ortho intramolecular Hbond substituents is 1. The molecular formula is C53H61Br3N6O6. The summed E-state index contributed by atoms with van der Waals surface area (Å²) in [6.45, 7) is 14.9. The van der Waals surface area contributed by atoms with Gasteiger partial charge in [0.05, 0.1) is 6.61 Å². The minimum atomic E-state index is -1.17. The number of aliphatic carboxylic acids is 1. The van der Waals surface area contributed by atoms with Crippen LogP contribution >= 0.6 is 47.8 Å². The summed E-state index contributed by atoms with van der Waals surface area (Å²) in [5, 5.41) is 37.9. The number of carbonyl (C=O) groups excluding carboxylic acids is 1. The third-order valence-electron chi connectivity index (χ3n) is 9.97. The molecule has 0 spiro atoms. The van der Waals surface area contributed by atoms with Crippen molar-refractivity contribution in [2.24, 2.45) is 0 Å². The molecule has 0 amide bonds. The van der Waals surface area contributed by atoms with E-state index >= 15 is 0 Å². The van der Waals surface area contributed by atoms with E-state index in [0.29, 0.717) is 29.3 Å². The van der Waals surface area contributed by atoms with Gasteiger partial charge in [0.25, 0.3) is 0 Å². The van der Waals surface area contributed by atoms with Gasteiger partial charge in [-0.3, -0.25) is 4.79 Å². The third-order valence-corrected chi connectivity index (χ3v) is 11.9. The van der Waals surface area contributed by atoms with Crippen molar-refractivity contribution in [3.63, 3.8) is 0 Å². The van der Waals surface area contributed by atoms with E-state index in [9.17, 15) is 19.8 Å². The fourth-order valence-electron chi connectivity index (χ4n) is 6.33. The third kappa shape index (κ3) is 14.3. The molecule has 0 aliphatic heterocycles. The average molecular weight is 1120 g/mol. The summed E-state index contributed by atoms with van der Waals surface area (Å²) >= 11 is 9.99. The summed E-state index contributed by atoms with van der Waals surface area (Å²) in [5.74, 6) is -0.761. The highest BCUT2D eigenvalue weighted by atomic mass is 79.9. The Morgan fingerprint density at radius 2 is 1.00 bits per heavy atom. The number of carboxylic acids is 1. The van der Waals surface area contributed by atoms with Crippen LogP contribution in [0.25, 0.3) is 33.4 Å². The maximum atomic E-state index is 12.0. The Bertz CT molecular complexity index is 2840. The van der Waals surface area contributed by atoms with Crippen molar-refractivity contribution in [2.45, 2.75) is 92.5 Å². The van der Waals surface area contributed by atoms with Gasteiger partial charge in [-0.2, -0.15) is 0 Å².